The van der Waals surface area contributed by atoms with Crippen LogP contribution in [0.1, 0.15) is 58.2 Å². The largest absolute Gasteiger partial charge is 0.456 e. The molecule has 0 aliphatic rings. The lowest BCUT2D eigenvalue weighted by molar-refractivity contribution is 0.666. The van der Waals surface area contributed by atoms with Gasteiger partial charge in [0.25, 0.3) is 0 Å². The first-order valence-corrected chi connectivity index (χ1v) is 16.7. The van der Waals surface area contributed by atoms with E-state index in [0.717, 1.165) is 11.2 Å². The zero-order chi connectivity index (χ0) is 32.1. The summed E-state index contributed by atoms with van der Waals surface area (Å²) in [5, 5.41) is 6.48. The Morgan fingerprint density at radius 1 is 0.545 bits per heavy atom. The van der Waals surface area contributed by atoms with Crippen molar-refractivity contribution in [3.63, 3.8) is 0 Å². The van der Waals surface area contributed by atoms with E-state index < -0.39 is 0 Å². The normalized spacial score (nSPS) is 9.93. The van der Waals surface area contributed by atoms with Gasteiger partial charge in [-0.15, -0.1) is 11.3 Å². The topological polar surface area (TPSA) is 28.9 Å². The average molecular weight is 602 g/mol. The third-order valence-corrected chi connectivity index (χ3v) is 8.23. The van der Waals surface area contributed by atoms with E-state index in [-0.39, 0.29) is 0 Å². The maximum absolute atomic E-state index is 5.78. The Bertz CT molecular complexity index is 1910. The molecule has 228 valence electrons. The molecule has 5 aromatic carbocycles. The van der Waals surface area contributed by atoms with Gasteiger partial charge in [-0.25, -0.2) is 0 Å². The molecule has 1 N–H and O–H groups in total. The molecule has 0 atom stereocenters. The predicted octanol–water partition coefficient (Wildman–Crippen LogP) is 13.8. The zero-order valence-corrected chi connectivity index (χ0v) is 28.6. The number of hydrogen-bond acceptors (Lipinski definition) is 2. The third kappa shape index (κ3) is 7.78. The highest BCUT2D eigenvalue weighted by Gasteiger charge is 2.07. The van der Waals surface area contributed by atoms with Gasteiger partial charge in [0.1, 0.15) is 11.2 Å². The van der Waals surface area contributed by atoms with Gasteiger partial charge in [0.2, 0.25) is 0 Å². The third-order valence-electron chi connectivity index (χ3n) is 6.91. The Morgan fingerprint density at radius 3 is 1.91 bits per heavy atom. The molecule has 3 heteroatoms. The smallest absolute Gasteiger partial charge is 0.138 e. The van der Waals surface area contributed by atoms with Crippen molar-refractivity contribution in [2.24, 2.45) is 0 Å². The molecule has 0 bridgehead atoms. The van der Waals surface area contributed by atoms with E-state index >= 15 is 0 Å². The summed E-state index contributed by atoms with van der Waals surface area (Å²) in [7, 11) is 0. The second-order valence-electron chi connectivity index (χ2n) is 9.67. The molecule has 0 saturated carbocycles. The fourth-order valence-corrected chi connectivity index (χ4v) is 6.12. The van der Waals surface area contributed by atoms with Crippen molar-refractivity contribution in [1.82, 2.24) is 4.98 Å². The number of nitrogens with one attached hydrogen (secondary N) is 1. The van der Waals surface area contributed by atoms with Crippen LogP contribution in [0.3, 0.4) is 0 Å². The molecule has 0 amide bonds. The van der Waals surface area contributed by atoms with Crippen LogP contribution in [0.15, 0.2) is 120 Å². The average Bonchev–Trinajstić information content (AvgIpc) is 3.81. The van der Waals surface area contributed by atoms with Gasteiger partial charge < -0.3 is 9.40 Å². The van der Waals surface area contributed by atoms with Crippen molar-refractivity contribution in [1.29, 1.82) is 0 Å². The Morgan fingerprint density at radius 2 is 1.16 bits per heavy atom. The van der Waals surface area contributed by atoms with Crippen LogP contribution in [0.4, 0.5) is 0 Å². The van der Waals surface area contributed by atoms with E-state index in [0.29, 0.717) is 0 Å². The molecule has 44 heavy (non-hydrogen) atoms. The van der Waals surface area contributed by atoms with E-state index in [1.807, 2.05) is 77.3 Å². The summed E-state index contributed by atoms with van der Waals surface area (Å²) < 4.78 is 8.59. The molecule has 0 radical (unpaired) electrons. The second kappa shape index (κ2) is 17.1. The van der Waals surface area contributed by atoms with E-state index in [1.165, 1.54) is 58.5 Å². The molecular formula is C41H47NOS. The lowest BCUT2D eigenvalue weighted by atomic mass is 10.1. The lowest BCUT2D eigenvalue weighted by Crippen LogP contribution is -1.70. The number of benzene rings is 5. The molecule has 8 rings (SSSR count). The highest BCUT2D eigenvalue weighted by Crippen LogP contribution is 2.35. The molecule has 8 aromatic rings. The first-order valence-electron chi connectivity index (χ1n) is 15.9. The van der Waals surface area contributed by atoms with Crippen molar-refractivity contribution < 1.29 is 4.42 Å². The standard InChI is InChI=1S/C13H10O.C13H10S.C9H9N.3C2H6/c2*1-9-5-4-7-11-10-6-2-3-8-12(10)14-13(9)11;1-7-2-3-9-8(6-7)4-5-10-9;3*1-2/h2*2-8H,1H3;2-6,10H,1H3;3*1-2H3. The van der Waals surface area contributed by atoms with Gasteiger partial charge in [0.05, 0.1) is 0 Å². The van der Waals surface area contributed by atoms with Crippen molar-refractivity contribution in [2.45, 2.75) is 62.3 Å². The van der Waals surface area contributed by atoms with Crippen LogP contribution in [0, 0.1) is 20.8 Å². The summed E-state index contributed by atoms with van der Waals surface area (Å²) in [6.45, 7) is 18.4. The Balaban J connectivity index is 0.000000168. The number of hydrogen-bond donors (Lipinski definition) is 1. The van der Waals surface area contributed by atoms with Gasteiger partial charge in [0, 0.05) is 42.7 Å². The van der Waals surface area contributed by atoms with Gasteiger partial charge >= 0.3 is 0 Å². The van der Waals surface area contributed by atoms with Crippen LogP contribution in [-0.4, -0.2) is 4.98 Å². The molecule has 0 aliphatic carbocycles. The van der Waals surface area contributed by atoms with Crippen molar-refractivity contribution >= 4 is 64.4 Å². The maximum atomic E-state index is 5.78. The first-order chi connectivity index (χ1) is 21.6. The van der Waals surface area contributed by atoms with Crippen LogP contribution in [0.5, 0.6) is 0 Å². The Labute approximate surface area is 267 Å². The van der Waals surface area contributed by atoms with Crippen molar-refractivity contribution in [3.05, 3.63) is 132 Å². The summed E-state index contributed by atoms with van der Waals surface area (Å²) in [4.78, 5) is 3.15. The van der Waals surface area contributed by atoms with Gasteiger partial charge in [0.15, 0.2) is 0 Å². The number of para-hydroxylation sites is 2. The van der Waals surface area contributed by atoms with Crippen LogP contribution in [0.25, 0.3) is 53.0 Å². The van der Waals surface area contributed by atoms with Crippen LogP contribution < -0.4 is 0 Å². The molecule has 0 aliphatic heterocycles. The minimum absolute atomic E-state index is 0.969. The molecular weight excluding hydrogens is 555 g/mol. The number of aromatic nitrogens is 1. The van der Waals surface area contributed by atoms with Gasteiger partial charge in [-0.1, -0.05) is 126 Å². The second-order valence-corrected chi connectivity index (χ2v) is 10.7. The molecule has 3 aromatic heterocycles. The predicted molar refractivity (Wildman–Crippen MR) is 200 cm³/mol. The lowest BCUT2D eigenvalue weighted by Gasteiger charge is -1.93. The van der Waals surface area contributed by atoms with E-state index in [2.05, 4.69) is 117 Å². The quantitative estimate of drug-likeness (QED) is 0.184. The number of aromatic amines is 1. The molecule has 0 unspecified atom stereocenters. The molecule has 2 nitrogen and oxygen atoms in total. The summed E-state index contributed by atoms with van der Waals surface area (Å²) >= 11 is 1.89. The van der Waals surface area contributed by atoms with Crippen LogP contribution >= 0.6 is 11.3 Å². The number of fused-ring (bicyclic) bond motifs is 7. The summed E-state index contributed by atoms with van der Waals surface area (Å²) in [5.41, 5.74) is 7.07. The fraction of sp³-hybridized carbons (Fsp3) is 0.220. The van der Waals surface area contributed by atoms with E-state index in [4.69, 9.17) is 4.42 Å². The van der Waals surface area contributed by atoms with Crippen LogP contribution in [0.2, 0.25) is 0 Å². The van der Waals surface area contributed by atoms with Gasteiger partial charge in [-0.3, -0.25) is 0 Å². The van der Waals surface area contributed by atoms with Crippen LogP contribution in [-0.2, 0) is 0 Å². The highest BCUT2D eigenvalue weighted by molar-refractivity contribution is 7.26. The minimum atomic E-state index is 0.969. The Hall–Kier alpha value is -4.34. The van der Waals surface area contributed by atoms with Gasteiger partial charge in [-0.05, 0) is 67.6 Å². The van der Waals surface area contributed by atoms with E-state index in [9.17, 15) is 0 Å². The number of rotatable bonds is 0. The van der Waals surface area contributed by atoms with Gasteiger partial charge in [-0.2, -0.15) is 0 Å². The fourth-order valence-electron chi connectivity index (χ4n) is 4.95. The molecule has 0 fully saturated rings. The van der Waals surface area contributed by atoms with E-state index in [1.54, 1.807) is 0 Å². The summed E-state index contributed by atoms with van der Waals surface area (Å²) in [6, 6.07) is 38.0. The number of thiophene rings is 1. The number of aryl methyl sites for hydroxylation is 3. The number of H-pyrrole nitrogens is 1. The Kier molecular flexibility index (Phi) is 13.3. The highest BCUT2D eigenvalue weighted by atomic mass is 32.1. The monoisotopic (exact) mass is 601 g/mol. The maximum Gasteiger partial charge on any atom is 0.138 e. The van der Waals surface area contributed by atoms with Crippen molar-refractivity contribution in [2.75, 3.05) is 0 Å². The molecule has 3 heterocycles. The zero-order valence-electron chi connectivity index (χ0n) is 27.8. The SMILES string of the molecule is CC.CC.CC.Cc1ccc2[nH]ccc2c1.Cc1cccc2c1oc1ccccc12.Cc1cccc2c1sc1ccccc12. The summed E-state index contributed by atoms with van der Waals surface area (Å²) in [5.74, 6) is 0. The molecule has 0 spiro atoms. The molecule has 0 saturated heterocycles. The summed E-state index contributed by atoms with van der Waals surface area (Å²) in [6.07, 6.45) is 1.96. The number of furan rings is 1. The first kappa shape index (κ1) is 34.2. The van der Waals surface area contributed by atoms with Crippen molar-refractivity contribution in [3.8, 4) is 0 Å². The minimum Gasteiger partial charge on any atom is -0.456 e.